The molecule has 2 N–H and O–H groups in total. The minimum absolute atomic E-state index is 0.262. The minimum atomic E-state index is 0.262. The van der Waals surface area contributed by atoms with Crippen molar-refractivity contribution >= 4 is 5.96 Å². The summed E-state index contributed by atoms with van der Waals surface area (Å²) in [5, 5.41) is 13.3. The maximum Gasteiger partial charge on any atom is 0.193 e. The summed E-state index contributed by atoms with van der Waals surface area (Å²) < 4.78 is 10.5. The molecule has 1 aliphatic heterocycles. The summed E-state index contributed by atoms with van der Waals surface area (Å²) in [6.45, 7) is 3.34. The fourth-order valence-corrected chi connectivity index (χ4v) is 2.78. The van der Waals surface area contributed by atoms with E-state index in [1.807, 2.05) is 19.2 Å². The Morgan fingerprint density at radius 2 is 2.35 bits per heavy atom. The largest absolute Gasteiger partial charge is 0.508 e. The highest BCUT2D eigenvalue weighted by Crippen LogP contribution is 2.23. The van der Waals surface area contributed by atoms with Gasteiger partial charge in [-0.1, -0.05) is 6.07 Å². The second-order valence-electron chi connectivity index (χ2n) is 5.83. The van der Waals surface area contributed by atoms with Gasteiger partial charge in [0, 0.05) is 45.8 Å². The van der Waals surface area contributed by atoms with Gasteiger partial charge in [0.15, 0.2) is 5.96 Å². The first-order valence-corrected chi connectivity index (χ1v) is 7.99. The lowest BCUT2D eigenvalue weighted by atomic mass is 10.1. The maximum atomic E-state index is 9.98. The van der Waals surface area contributed by atoms with E-state index in [4.69, 9.17) is 9.47 Å². The highest BCUT2D eigenvalue weighted by atomic mass is 16.5. The van der Waals surface area contributed by atoms with E-state index in [0.29, 0.717) is 18.2 Å². The zero-order valence-electron chi connectivity index (χ0n) is 14.2. The average molecular weight is 321 g/mol. The first-order chi connectivity index (χ1) is 11.1. The van der Waals surface area contributed by atoms with Crippen molar-refractivity contribution in [3.05, 3.63) is 23.8 Å². The predicted octanol–water partition coefficient (Wildman–Crippen LogP) is 1.49. The number of hydrogen-bond donors (Lipinski definition) is 2. The fourth-order valence-electron chi connectivity index (χ4n) is 2.78. The van der Waals surface area contributed by atoms with Crippen LogP contribution in [0, 0.1) is 5.92 Å². The van der Waals surface area contributed by atoms with Crippen molar-refractivity contribution < 1.29 is 14.6 Å². The van der Waals surface area contributed by atoms with Crippen molar-refractivity contribution in [2.45, 2.75) is 12.8 Å². The molecule has 1 fully saturated rings. The summed E-state index contributed by atoms with van der Waals surface area (Å²) >= 11 is 0. The van der Waals surface area contributed by atoms with Crippen LogP contribution in [0.5, 0.6) is 11.5 Å². The Bertz CT molecular complexity index is 528. The number of ether oxygens (including phenoxy) is 2. The molecule has 128 valence electrons. The molecule has 1 heterocycles. The van der Waals surface area contributed by atoms with Crippen LogP contribution in [-0.4, -0.2) is 63.5 Å². The Hall–Kier alpha value is -1.95. The Kier molecular flexibility index (Phi) is 6.52. The van der Waals surface area contributed by atoms with E-state index in [9.17, 15) is 5.11 Å². The summed E-state index contributed by atoms with van der Waals surface area (Å²) in [5.41, 5.74) is 0.889. The molecule has 1 atom stereocenters. The zero-order valence-corrected chi connectivity index (χ0v) is 14.2. The highest BCUT2D eigenvalue weighted by Gasteiger charge is 2.18. The summed E-state index contributed by atoms with van der Waals surface area (Å²) in [7, 11) is 5.42. The number of hydrogen-bond acceptors (Lipinski definition) is 4. The van der Waals surface area contributed by atoms with Gasteiger partial charge in [-0.15, -0.1) is 0 Å². The van der Waals surface area contributed by atoms with Crippen molar-refractivity contribution in [1.82, 2.24) is 10.2 Å². The Morgan fingerprint density at radius 3 is 2.96 bits per heavy atom. The van der Waals surface area contributed by atoms with E-state index in [1.54, 1.807) is 20.2 Å². The first kappa shape index (κ1) is 17.4. The summed E-state index contributed by atoms with van der Waals surface area (Å²) in [6, 6.07) is 5.38. The molecule has 0 amide bonds. The quantitative estimate of drug-likeness (QED) is 0.614. The van der Waals surface area contributed by atoms with E-state index >= 15 is 0 Å². The topological polar surface area (TPSA) is 66.3 Å². The lowest BCUT2D eigenvalue weighted by molar-refractivity contribution is 0.181. The molecule has 23 heavy (non-hydrogen) atoms. The Balaban J connectivity index is 1.81. The van der Waals surface area contributed by atoms with Crippen LogP contribution in [0.1, 0.15) is 12.0 Å². The van der Waals surface area contributed by atoms with Crippen molar-refractivity contribution in [3.63, 3.8) is 0 Å². The number of nitrogens with zero attached hydrogens (tertiary/aromatic N) is 2. The van der Waals surface area contributed by atoms with E-state index in [-0.39, 0.29) is 5.75 Å². The lowest BCUT2D eigenvalue weighted by Gasteiger charge is -2.24. The Labute approximate surface area is 138 Å². The molecule has 6 nitrogen and oxygen atoms in total. The van der Waals surface area contributed by atoms with Crippen LogP contribution in [0.15, 0.2) is 23.2 Å². The maximum absolute atomic E-state index is 9.98. The van der Waals surface area contributed by atoms with Gasteiger partial charge in [-0.3, -0.25) is 4.99 Å². The minimum Gasteiger partial charge on any atom is -0.508 e. The molecule has 0 aliphatic carbocycles. The molecule has 1 aliphatic rings. The Morgan fingerprint density at radius 1 is 1.52 bits per heavy atom. The van der Waals surface area contributed by atoms with Gasteiger partial charge in [-0.2, -0.15) is 0 Å². The molecule has 0 aromatic heterocycles. The van der Waals surface area contributed by atoms with Gasteiger partial charge in [0.25, 0.3) is 0 Å². The molecular weight excluding hydrogens is 294 g/mol. The molecule has 0 spiro atoms. The zero-order chi connectivity index (χ0) is 16.7. The summed E-state index contributed by atoms with van der Waals surface area (Å²) in [4.78, 5) is 6.45. The predicted molar refractivity (Wildman–Crippen MR) is 91.3 cm³/mol. The fraction of sp³-hybridized carbons (Fsp3) is 0.588. The molecule has 6 heteroatoms. The molecule has 1 saturated heterocycles. The van der Waals surface area contributed by atoms with Gasteiger partial charge in [0.2, 0.25) is 0 Å². The average Bonchev–Trinajstić information content (AvgIpc) is 3.05. The van der Waals surface area contributed by atoms with Crippen LogP contribution < -0.4 is 10.1 Å². The third-order valence-electron chi connectivity index (χ3n) is 4.10. The number of guanidine groups is 1. The number of phenols is 1. The van der Waals surface area contributed by atoms with Crippen molar-refractivity contribution in [1.29, 1.82) is 0 Å². The number of methoxy groups -OCH3 is 1. The number of phenolic OH excluding ortho intramolecular Hbond substituents is 1. The van der Waals surface area contributed by atoms with Gasteiger partial charge in [0.1, 0.15) is 11.5 Å². The molecule has 0 radical (unpaired) electrons. The molecule has 1 aromatic rings. The molecule has 2 rings (SSSR count). The third-order valence-corrected chi connectivity index (χ3v) is 4.10. The number of benzene rings is 1. The monoisotopic (exact) mass is 321 g/mol. The van der Waals surface area contributed by atoms with Gasteiger partial charge in [-0.05, 0) is 24.5 Å². The van der Waals surface area contributed by atoms with Crippen molar-refractivity contribution in [3.8, 4) is 11.5 Å². The van der Waals surface area contributed by atoms with Crippen LogP contribution in [-0.2, 0) is 11.2 Å². The molecule has 1 unspecified atom stereocenters. The molecule has 0 bridgehead atoms. The van der Waals surface area contributed by atoms with Crippen LogP contribution in [0.4, 0.5) is 0 Å². The van der Waals surface area contributed by atoms with E-state index in [0.717, 1.165) is 44.1 Å². The molecular formula is C17H27N3O3. The standard InChI is InChI=1S/C17H27N3O3/c1-18-17(20(2)11-13-7-9-23-12-13)19-8-6-14-4-5-15(22-3)10-16(14)21/h4-5,10,13,21H,6-9,11-12H2,1-3H3,(H,18,19). The second kappa shape index (κ2) is 8.62. The van der Waals surface area contributed by atoms with E-state index in [2.05, 4.69) is 15.2 Å². The van der Waals surface area contributed by atoms with Crippen LogP contribution in [0.3, 0.4) is 0 Å². The van der Waals surface area contributed by atoms with Crippen LogP contribution in [0.25, 0.3) is 0 Å². The first-order valence-electron chi connectivity index (χ1n) is 7.99. The SMILES string of the molecule is CN=C(NCCc1ccc(OC)cc1O)N(C)CC1CCOC1. The summed E-state index contributed by atoms with van der Waals surface area (Å²) in [5.74, 6) is 2.36. The van der Waals surface area contributed by atoms with Crippen molar-refractivity contribution in [2.24, 2.45) is 10.9 Å². The van der Waals surface area contributed by atoms with Gasteiger partial charge < -0.3 is 24.8 Å². The van der Waals surface area contributed by atoms with Crippen LogP contribution >= 0.6 is 0 Å². The lowest BCUT2D eigenvalue weighted by Crippen LogP contribution is -2.42. The smallest absolute Gasteiger partial charge is 0.193 e. The molecule has 1 aromatic carbocycles. The van der Waals surface area contributed by atoms with Crippen LogP contribution in [0.2, 0.25) is 0 Å². The van der Waals surface area contributed by atoms with Gasteiger partial charge in [0.05, 0.1) is 13.7 Å². The highest BCUT2D eigenvalue weighted by molar-refractivity contribution is 5.79. The number of aromatic hydroxyl groups is 1. The van der Waals surface area contributed by atoms with Gasteiger partial charge in [-0.25, -0.2) is 0 Å². The van der Waals surface area contributed by atoms with Crippen molar-refractivity contribution in [2.75, 3.05) is 47.5 Å². The number of nitrogens with one attached hydrogen (secondary N) is 1. The number of rotatable bonds is 6. The number of aliphatic imine (C=N–C) groups is 1. The van der Waals surface area contributed by atoms with Gasteiger partial charge >= 0.3 is 0 Å². The second-order valence-corrected chi connectivity index (χ2v) is 5.83. The molecule has 0 saturated carbocycles. The third kappa shape index (κ3) is 5.03. The summed E-state index contributed by atoms with van der Waals surface area (Å²) in [6.07, 6.45) is 1.83. The van der Waals surface area contributed by atoms with E-state index in [1.165, 1.54) is 0 Å². The normalized spacial score (nSPS) is 18.0. The van der Waals surface area contributed by atoms with E-state index < -0.39 is 0 Å².